The number of benzene rings is 1. The Hall–Kier alpha value is -1.83. The van der Waals surface area contributed by atoms with Crippen molar-refractivity contribution in [2.24, 2.45) is 0 Å². The van der Waals surface area contributed by atoms with E-state index in [0.29, 0.717) is 16.5 Å². The SMILES string of the molecule is CN(C)CCCNc1ccc(NS(=O)(=O)c2ccc(Cl)cc2)cn1. The van der Waals surface area contributed by atoms with Crippen LogP contribution in [0.3, 0.4) is 0 Å². The largest absolute Gasteiger partial charge is 0.370 e. The fourth-order valence-electron chi connectivity index (χ4n) is 2.00. The zero-order valence-corrected chi connectivity index (χ0v) is 15.2. The molecule has 0 unspecified atom stereocenters. The van der Waals surface area contributed by atoms with E-state index in [0.717, 1.165) is 19.5 Å². The van der Waals surface area contributed by atoms with E-state index >= 15 is 0 Å². The molecule has 0 saturated heterocycles. The molecule has 0 fully saturated rings. The summed E-state index contributed by atoms with van der Waals surface area (Å²) in [5, 5.41) is 3.68. The quantitative estimate of drug-likeness (QED) is 0.701. The van der Waals surface area contributed by atoms with Crippen molar-refractivity contribution >= 4 is 33.1 Å². The van der Waals surface area contributed by atoms with E-state index in [4.69, 9.17) is 11.6 Å². The fourth-order valence-corrected chi connectivity index (χ4v) is 3.17. The van der Waals surface area contributed by atoms with Crippen LogP contribution in [0.5, 0.6) is 0 Å². The Kier molecular flexibility index (Phi) is 6.42. The molecule has 0 spiro atoms. The van der Waals surface area contributed by atoms with Crippen molar-refractivity contribution < 1.29 is 8.42 Å². The van der Waals surface area contributed by atoms with Crippen LogP contribution in [0.2, 0.25) is 5.02 Å². The molecule has 8 heteroatoms. The Morgan fingerprint density at radius 3 is 2.42 bits per heavy atom. The summed E-state index contributed by atoms with van der Waals surface area (Å²) in [6.45, 7) is 1.80. The van der Waals surface area contributed by atoms with Gasteiger partial charge in [-0.2, -0.15) is 0 Å². The molecule has 6 nitrogen and oxygen atoms in total. The maximum absolute atomic E-state index is 12.3. The number of sulfonamides is 1. The Balaban J connectivity index is 1.94. The molecule has 0 aliphatic rings. The summed E-state index contributed by atoms with van der Waals surface area (Å²) in [5.41, 5.74) is 0.406. The van der Waals surface area contributed by atoms with Crippen molar-refractivity contribution in [1.29, 1.82) is 0 Å². The lowest BCUT2D eigenvalue weighted by atomic mass is 10.4. The number of rotatable bonds is 8. The first-order valence-corrected chi connectivity index (χ1v) is 9.36. The first-order valence-electron chi connectivity index (χ1n) is 7.50. The smallest absolute Gasteiger partial charge is 0.261 e. The second kappa shape index (κ2) is 8.32. The molecular formula is C16H21ClN4O2S. The summed E-state index contributed by atoms with van der Waals surface area (Å²) in [6, 6.07) is 9.41. The maximum Gasteiger partial charge on any atom is 0.261 e. The summed E-state index contributed by atoms with van der Waals surface area (Å²) in [4.78, 5) is 6.48. The predicted molar refractivity (Wildman–Crippen MR) is 98.2 cm³/mol. The standard InChI is InChI=1S/C16H21ClN4O2S/c1-21(2)11-3-10-18-16-9-6-14(12-19-16)20-24(22,23)15-7-4-13(17)5-8-15/h4-9,12,20H,3,10-11H2,1-2H3,(H,18,19). The number of aromatic nitrogens is 1. The fraction of sp³-hybridized carbons (Fsp3) is 0.312. The highest BCUT2D eigenvalue weighted by molar-refractivity contribution is 7.92. The molecule has 0 amide bonds. The van der Waals surface area contributed by atoms with Crippen LogP contribution >= 0.6 is 11.6 Å². The van der Waals surface area contributed by atoms with E-state index < -0.39 is 10.0 Å². The van der Waals surface area contributed by atoms with Crippen molar-refractivity contribution in [1.82, 2.24) is 9.88 Å². The van der Waals surface area contributed by atoms with E-state index in [-0.39, 0.29) is 4.90 Å². The minimum atomic E-state index is -3.65. The van der Waals surface area contributed by atoms with Gasteiger partial charge >= 0.3 is 0 Å². The zero-order valence-electron chi connectivity index (χ0n) is 13.7. The molecular weight excluding hydrogens is 348 g/mol. The Morgan fingerprint density at radius 2 is 1.83 bits per heavy atom. The Bertz CT molecular complexity index is 747. The second-order valence-corrected chi connectivity index (χ2v) is 7.69. The molecule has 0 aliphatic carbocycles. The third kappa shape index (κ3) is 5.67. The summed E-state index contributed by atoms with van der Waals surface area (Å²) in [6.07, 6.45) is 2.49. The van der Waals surface area contributed by atoms with Crippen LogP contribution < -0.4 is 10.0 Å². The van der Waals surface area contributed by atoms with Crippen LogP contribution in [-0.2, 0) is 10.0 Å². The van der Waals surface area contributed by atoms with Gasteiger partial charge in [-0.15, -0.1) is 0 Å². The summed E-state index contributed by atoms with van der Waals surface area (Å²) >= 11 is 5.77. The molecule has 0 bridgehead atoms. The molecule has 1 aromatic heterocycles. The van der Waals surface area contributed by atoms with E-state index in [1.807, 2.05) is 14.1 Å². The van der Waals surface area contributed by atoms with Gasteiger partial charge in [-0.3, -0.25) is 4.72 Å². The van der Waals surface area contributed by atoms with Gasteiger partial charge in [-0.05, 0) is 63.5 Å². The van der Waals surface area contributed by atoms with Gasteiger partial charge in [0, 0.05) is 11.6 Å². The van der Waals surface area contributed by atoms with Crippen molar-refractivity contribution in [2.45, 2.75) is 11.3 Å². The minimum absolute atomic E-state index is 0.151. The van der Waals surface area contributed by atoms with Crippen molar-refractivity contribution in [2.75, 3.05) is 37.2 Å². The van der Waals surface area contributed by atoms with Crippen LogP contribution in [0.1, 0.15) is 6.42 Å². The number of hydrogen-bond acceptors (Lipinski definition) is 5. The number of nitrogens with one attached hydrogen (secondary N) is 2. The van der Waals surface area contributed by atoms with Gasteiger partial charge in [0.25, 0.3) is 10.0 Å². The lowest BCUT2D eigenvalue weighted by Gasteiger charge is -2.11. The number of pyridine rings is 1. The zero-order chi connectivity index (χ0) is 17.6. The number of nitrogens with zero attached hydrogens (tertiary/aromatic N) is 2. The van der Waals surface area contributed by atoms with Gasteiger partial charge in [-0.25, -0.2) is 13.4 Å². The van der Waals surface area contributed by atoms with E-state index in [1.165, 1.54) is 30.5 Å². The van der Waals surface area contributed by atoms with Gasteiger partial charge in [0.1, 0.15) is 5.82 Å². The topological polar surface area (TPSA) is 74.3 Å². The van der Waals surface area contributed by atoms with Gasteiger partial charge in [-0.1, -0.05) is 11.6 Å². The van der Waals surface area contributed by atoms with Gasteiger partial charge in [0.15, 0.2) is 0 Å². The predicted octanol–water partition coefficient (Wildman–Crippen LogP) is 2.90. The van der Waals surface area contributed by atoms with Crippen molar-refractivity contribution in [3.8, 4) is 0 Å². The number of anilines is 2. The van der Waals surface area contributed by atoms with Gasteiger partial charge in [0.2, 0.25) is 0 Å². The Labute approximate surface area is 147 Å². The summed E-state index contributed by atoms with van der Waals surface area (Å²) < 4.78 is 27.0. The lowest BCUT2D eigenvalue weighted by molar-refractivity contribution is 0.405. The molecule has 1 heterocycles. The van der Waals surface area contributed by atoms with Crippen LogP contribution in [0.15, 0.2) is 47.5 Å². The second-order valence-electron chi connectivity index (χ2n) is 5.58. The van der Waals surface area contributed by atoms with Crippen LogP contribution in [0.4, 0.5) is 11.5 Å². The molecule has 0 atom stereocenters. The molecule has 2 aromatic rings. The average molecular weight is 369 g/mol. The first kappa shape index (κ1) is 18.5. The average Bonchev–Trinajstić information content (AvgIpc) is 2.53. The molecule has 130 valence electrons. The van der Waals surface area contributed by atoms with Gasteiger partial charge in [0.05, 0.1) is 16.8 Å². The highest BCUT2D eigenvalue weighted by atomic mass is 35.5. The molecule has 2 N–H and O–H groups in total. The monoisotopic (exact) mass is 368 g/mol. The minimum Gasteiger partial charge on any atom is -0.370 e. The van der Waals surface area contributed by atoms with Crippen LogP contribution in [0, 0.1) is 0 Å². The summed E-state index contributed by atoms with van der Waals surface area (Å²) in [7, 11) is 0.407. The lowest BCUT2D eigenvalue weighted by Crippen LogP contribution is -2.16. The molecule has 0 aliphatic heterocycles. The third-order valence-electron chi connectivity index (χ3n) is 3.23. The number of halogens is 1. The maximum atomic E-state index is 12.3. The van der Waals surface area contributed by atoms with Crippen molar-refractivity contribution in [3.05, 3.63) is 47.6 Å². The molecule has 1 aromatic carbocycles. The number of hydrogen-bond donors (Lipinski definition) is 2. The molecule has 0 radical (unpaired) electrons. The van der Waals surface area contributed by atoms with E-state index in [2.05, 4.69) is 19.9 Å². The summed E-state index contributed by atoms with van der Waals surface area (Å²) in [5.74, 6) is 0.711. The molecule has 0 saturated carbocycles. The van der Waals surface area contributed by atoms with Crippen LogP contribution in [-0.4, -0.2) is 45.5 Å². The third-order valence-corrected chi connectivity index (χ3v) is 4.88. The van der Waals surface area contributed by atoms with E-state index in [9.17, 15) is 8.42 Å². The van der Waals surface area contributed by atoms with E-state index in [1.54, 1.807) is 12.1 Å². The highest BCUT2D eigenvalue weighted by Crippen LogP contribution is 2.18. The molecule has 2 rings (SSSR count). The van der Waals surface area contributed by atoms with Crippen LogP contribution in [0.25, 0.3) is 0 Å². The molecule has 24 heavy (non-hydrogen) atoms. The van der Waals surface area contributed by atoms with Crippen molar-refractivity contribution in [3.63, 3.8) is 0 Å². The highest BCUT2D eigenvalue weighted by Gasteiger charge is 2.14. The Morgan fingerprint density at radius 1 is 1.12 bits per heavy atom. The first-order chi connectivity index (χ1) is 11.4. The van der Waals surface area contributed by atoms with Gasteiger partial charge < -0.3 is 10.2 Å². The normalized spacial score (nSPS) is 11.5.